The Morgan fingerprint density at radius 2 is 2.00 bits per heavy atom. The maximum absolute atomic E-state index is 14.2. The highest BCUT2D eigenvalue weighted by atomic mass is 19.1. The zero-order valence-corrected chi connectivity index (χ0v) is 15.9. The summed E-state index contributed by atoms with van der Waals surface area (Å²) in [5.74, 6) is -2.04. The van der Waals surface area contributed by atoms with Crippen LogP contribution in [0.4, 0.5) is 10.1 Å². The molecule has 0 aliphatic heterocycles. The molecule has 0 radical (unpaired) electrons. The quantitative estimate of drug-likeness (QED) is 0.813. The molecule has 1 aliphatic rings. The first-order chi connectivity index (χ1) is 13.4. The first-order valence-electron chi connectivity index (χ1n) is 9.39. The minimum atomic E-state index is -0.774. The molecular formula is C19H23FN4O4. The van der Waals surface area contributed by atoms with Gasteiger partial charge in [-0.2, -0.15) is 0 Å². The number of benzene rings is 1. The van der Waals surface area contributed by atoms with Gasteiger partial charge in [0.05, 0.1) is 16.6 Å². The topological polar surface area (TPSA) is 102 Å². The zero-order chi connectivity index (χ0) is 20.3. The van der Waals surface area contributed by atoms with Gasteiger partial charge in [-0.25, -0.2) is 9.37 Å². The van der Waals surface area contributed by atoms with Crippen LogP contribution < -0.4 is 21.0 Å². The molecule has 28 heavy (non-hydrogen) atoms. The smallest absolute Gasteiger partial charge is 0.296 e. The molecule has 9 heteroatoms. The molecule has 0 bridgehead atoms. The van der Waals surface area contributed by atoms with E-state index < -0.39 is 23.2 Å². The first-order valence-corrected chi connectivity index (χ1v) is 9.39. The molecule has 1 saturated carbocycles. The third kappa shape index (κ3) is 3.97. The molecule has 1 aromatic heterocycles. The van der Waals surface area contributed by atoms with E-state index in [2.05, 4.69) is 15.6 Å². The van der Waals surface area contributed by atoms with Crippen LogP contribution in [0, 0.1) is 5.82 Å². The number of hydrogen-bond donors (Lipinski definition) is 2. The van der Waals surface area contributed by atoms with Crippen molar-refractivity contribution >= 4 is 28.4 Å². The van der Waals surface area contributed by atoms with Gasteiger partial charge in [0, 0.05) is 13.0 Å². The average Bonchev–Trinajstić information content (AvgIpc) is 2.66. The molecule has 2 aromatic rings. The molecule has 1 heterocycles. The molecule has 2 N–H and O–H groups in total. The fourth-order valence-corrected chi connectivity index (χ4v) is 3.42. The number of amides is 2. The third-order valence-corrected chi connectivity index (χ3v) is 4.65. The Balaban J connectivity index is 2.11. The summed E-state index contributed by atoms with van der Waals surface area (Å²) in [4.78, 5) is 46.8. The molecule has 0 atom stereocenters. The van der Waals surface area contributed by atoms with Gasteiger partial charge < -0.3 is 15.5 Å². The molecule has 1 aromatic carbocycles. The summed E-state index contributed by atoms with van der Waals surface area (Å²) < 4.78 is 15.0. The van der Waals surface area contributed by atoms with E-state index >= 15 is 0 Å². The maximum Gasteiger partial charge on any atom is 0.296 e. The number of fused-ring (bicyclic) bond motifs is 1. The highest BCUT2D eigenvalue weighted by Gasteiger charge is 2.24. The monoisotopic (exact) mass is 390 g/mol. The van der Waals surface area contributed by atoms with Gasteiger partial charge in [0.1, 0.15) is 12.4 Å². The van der Waals surface area contributed by atoms with Crippen molar-refractivity contribution in [3.05, 3.63) is 34.1 Å². The third-order valence-electron chi connectivity index (χ3n) is 4.65. The van der Waals surface area contributed by atoms with Crippen molar-refractivity contribution in [1.29, 1.82) is 0 Å². The lowest BCUT2D eigenvalue weighted by atomic mass is 9.95. The molecule has 1 fully saturated rings. The zero-order valence-electron chi connectivity index (χ0n) is 15.9. The Labute approximate surface area is 161 Å². The van der Waals surface area contributed by atoms with Crippen LogP contribution in [0.25, 0.3) is 10.9 Å². The van der Waals surface area contributed by atoms with Gasteiger partial charge in [-0.1, -0.05) is 19.3 Å². The number of nitrogens with one attached hydrogen (secondary N) is 2. The Kier molecular flexibility index (Phi) is 5.91. The Bertz CT molecular complexity index is 967. The van der Waals surface area contributed by atoms with Crippen LogP contribution in [-0.2, 0) is 4.79 Å². The van der Waals surface area contributed by atoms with E-state index in [0.717, 1.165) is 42.9 Å². The minimum absolute atomic E-state index is 0.0204. The van der Waals surface area contributed by atoms with Gasteiger partial charge >= 0.3 is 0 Å². The van der Waals surface area contributed by atoms with Crippen molar-refractivity contribution in [3.8, 4) is 0 Å². The lowest BCUT2D eigenvalue weighted by Crippen LogP contribution is -2.42. The molecular weight excluding hydrogens is 367 g/mol. The van der Waals surface area contributed by atoms with E-state index in [-0.39, 0.29) is 35.1 Å². The lowest BCUT2D eigenvalue weighted by molar-refractivity contribution is -0.114. The summed E-state index contributed by atoms with van der Waals surface area (Å²) in [6.07, 6.45) is 4.95. The SMILES string of the molecule is CCOn1c(C(=O)NC2CCCCC2)nc2ccc(F)c(NC(C)=O)c2c1=O. The van der Waals surface area contributed by atoms with Crippen LogP contribution in [0.2, 0.25) is 0 Å². The second kappa shape index (κ2) is 8.37. The molecule has 8 nitrogen and oxygen atoms in total. The molecule has 0 spiro atoms. The van der Waals surface area contributed by atoms with Crippen LogP contribution in [0.1, 0.15) is 56.6 Å². The highest BCUT2D eigenvalue weighted by molar-refractivity contribution is 6.01. The summed E-state index contributed by atoms with van der Waals surface area (Å²) in [7, 11) is 0. The predicted molar refractivity (Wildman–Crippen MR) is 102 cm³/mol. The Morgan fingerprint density at radius 3 is 2.64 bits per heavy atom. The van der Waals surface area contributed by atoms with E-state index in [1.807, 2.05) is 0 Å². The predicted octanol–water partition coefficient (Wildman–Crippen LogP) is 2.00. The fourth-order valence-electron chi connectivity index (χ4n) is 3.42. The second-order valence-electron chi connectivity index (χ2n) is 6.76. The van der Waals surface area contributed by atoms with Crippen LogP contribution in [0.5, 0.6) is 0 Å². The van der Waals surface area contributed by atoms with Gasteiger partial charge in [0.15, 0.2) is 0 Å². The summed E-state index contributed by atoms with van der Waals surface area (Å²) in [6, 6.07) is 2.41. The van der Waals surface area contributed by atoms with Crippen molar-refractivity contribution in [3.63, 3.8) is 0 Å². The molecule has 0 saturated heterocycles. The molecule has 2 amide bonds. The molecule has 0 unspecified atom stereocenters. The van der Waals surface area contributed by atoms with E-state index in [4.69, 9.17) is 4.84 Å². The van der Waals surface area contributed by atoms with Gasteiger partial charge in [0.2, 0.25) is 11.7 Å². The fraction of sp³-hybridized carbons (Fsp3) is 0.474. The summed E-state index contributed by atoms with van der Waals surface area (Å²) >= 11 is 0. The van der Waals surface area contributed by atoms with Crippen LogP contribution in [0.15, 0.2) is 16.9 Å². The van der Waals surface area contributed by atoms with Crippen molar-refractivity contribution in [1.82, 2.24) is 15.0 Å². The number of halogens is 1. The number of hydrogen-bond acceptors (Lipinski definition) is 5. The number of nitrogens with zero attached hydrogens (tertiary/aromatic N) is 2. The number of aromatic nitrogens is 2. The van der Waals surface area contributed by atoms with Crippen molar-refractivity contribution < 1.29 is 18.8 Å². The van der Waals surface area contributed by atoms with Crippen molar-refractivity contribution in [2.24, 2.45) is 0 Å². The van der Waals surface area contributed by atoms with E-state index in [1.165, 1.54) is 13.0 Å². The number of carbonyl (C=O) groups is 2. The normalized spacial score (nSPS) is 14.7. The Morgan fingerprint density at radius 1 is 1.29 bits per heavy atom. The van der Waals surface area contributed by atoms with Crippen molar-refractivity contribution in [2.45, 2.75) is 52.0 Å². The second-order valence-corrected chi connectivity index (χ2v) is 6.76. The first kappa shape index (κ1) is 19.8. The summed E-state index contributed by atoms with van der Waals surface area (Å²) in [6.45, 7) is 2.96. The average molecular weight is 390 g/mol. The van der Waals surface area contributed by atoms with Gasteiger partial charge in [0.25, 0.3) is 11.5 Å². The van der Waals surface area contributed by atoms with Gasteiger partial charge in [-0.3, -0.25) is 14.4 Å². The van der Waals surface area contributed by atoms with E-state index in [1.54, 1.807) is 6.92 Å². The molecule has 150 valence electrons. The van der Waals surface area contributed by atoms with Crippen LogP contribution >= 0.6 is 0 Å². The molecule has 1 aliphatic carbocycles. The standard InChI is InChI=1S/C19H23FN4O4/c1-3-28-24-17(18(26)22-12-7-5-4-6-8-12)23-14-10-9-13(20)16(21-11(2)25)15(14)19(24)27/h9-10,12H,3-8H2,1-2H3,(H,21,25)(H,22,26). The lowest BCUT2D eigenvalue weighted by Gasteiger charge is -2.23. The van der Waals surface area contributed by atoms with E-state index in [9.17, 15) is 18.8 Å². The van der Waals surface area contributed by atoms with E-state index in [0.29, 0.717) is 0 Å². The number of rotatable bonds is 5. The maximum atomic E-state index is 14.2. The summed E-state index contributed by atoms with van der Waals surface area (Å²) in [5, 5.41) is 5.06. The molecule has 3 rings (SSSR count). The Hall–Kier alpha value is -2.97. The summed E-state index contributed by atoms with van der Waals surface area (Å²) in [5.41, 5.74) is -0.945. The van der Waals surface area contributed by atoms with Crippen molar-refractivity contribution in [2.75, 3.05) is 11.9 Å². The van der Waals surface area contributed by atoms with Crippen LogP contribution in [-0.4, -0.2) is 34.2 Å². The minimum Gasteiger partial charge on any atom is -0.409 e. The van der Waals surface area contributed by atoms with Crippen LogP contribution in [0.3, 0.4) is 0 Å². The largest absolute Gasteiger partial charge is 0.409 e. The number of carbonyl (C=O) groups excluding carboxylic acids is 2. The van der Waals surface area contributed by atoms with Gasteiger partial charge in [-0.05, 0) is 31.9 Å². The number of anilines is 1. The van der Waals surface area contributed by atoms with Gasteiger partial charge in [-0.15, -0.1) is 4.73 Å². The highest BCUT2D eigenvalue weighted by Crippen LogP contribution is 2.23.